The minimum Gasteiger partial charge on any atom is -0.346 e. The van der Waals surface area contributed by atoms with Crippen LogP contribution in [0.4, 0.5) is 5.13 Å². The molecule has 1 aliphatic rings. The molecule has 1 atom stereocenters. The van der Waals surface area contributed by atoms with Gasteiger partial charge in [-0.05, 0) is 18.6 Å². The van der Waals surface area contributed by atoms with Crippen molar-refractivity contribution in [3.05, 3.63) is 47.5 Å². The van der Waals surface area contributed by atoms with Crippen LogP contribution in [0.2, 0.25) is 0 Å². The number of aromatic nitrogens is 1. The Balaban J connectivity index is 0.00000192. The van der Waals surface area contributed by atoms with E-state index in [1.165, 1.54) is 0 Å². The first-order valence-electron chi connectivity index (χ1n) is 7.22. The predicted octanol–water partition coefficient (Wildman–Crippen LogP) is 2.65. The van der Waals surface area contributed by atoms with Gasteiger partial charge < -0.3 is 9.80 Å². The summed E-state index contributed by atoms with van der Waals surface area (Å²) in [6, 6.07) is 9.77. The number of carbonyl (C=O) groups excluding carboxylic acids is 1. The summed E-state index contributed by atoms with van der Waals surface area (Å²) in [7, 11) is 1.83. The number of nitrogens with zero attached hydrogens (tertiary/aromatic N) is 3. The number of thiazole rings is 1. The van der Waals surface area contributed by atoms with E-state index in [1.54, 1.807) is 16.2 Å². The van der Waals surface area contributed by atoms with Gasteiger partial charge in [-0.25, -0.2) is 4.98 Å². The molecule has 1 aliphatic heterocycles. The number of amides is 1. The highest BCUT2D eigenvalue weighted by molar-refractivity contribution is 7.13. The van der Waals surface area contributed by atoms with Gasteiger partial charge in [-0.15, -0.1) is 23.7 Å². The molecule has 0 aliphatic carbocycles. The Morgan fingerprint density at radius 3 is 2.87 bits per heavy atom. The van der Waals surface area contributed by atoms with E-state index in [4.69, 9.17) is 0 Å². The molecule has 6 heteroatoms. The van der Waals surface area contributed by atoms with Crippen LogP contribution in [-0.4, -0.2) is 42.0 Å². The Bertz CT molecular complexity index is 694. The molecule has 2 aromatic rings. The molecule has 23 heavy (non-hydrogen) atoms. The normalized spacial score (nSPS) is 16.2. The number of halogens is 1. The van der Waals surface area contributed by atoms with Crippen LogP contribution in [0, 0.1) is 11.8 Å². The fraction of sp³-hybridized carbons (Fsp3) is 0.294. The highest BCUT2D eigenvalue weighted by Crippen LogP contribution is 2.24. The second-order valence-corrected chi connectivity index (χ2v) is 6.11. The molecular weight excluding hydrogens is 330 g/mol. The number of benzene rings is 1. The van der Waals surface area contributed by atoms with Crippen molar-refractivity contribution in [2.24, 2.45) is 0 Å². The lowest BCUT2D eigenvalue weighted by Gasteiger charge is -2.22. The van der Waals surface area contributed by atoms with E-state index in [0.29, 0.717) is 0 Å². The van der Waals surface area contributed by atoms with Crippen LogP contribution < -0.4 is 4.90 Å². The summed E-state index contributed by atoms with van der Waals surface area (Å²) in [6.07, 6.45) is 2.77. The van der Waals surface area contributed by atoms with Crippen molar-refractivity contribution in [3.63, 3.8) is 0 Å². The van der Waals surface area contributed by atoms with E-state index >= 15 is 0 Å². The third-order valence-electron chi connectivity index (χ3n) is 3.81. The lowest BCUT2D eigenvalue weighted by atomic mass is 10.2. The fourth-order valence-corrected chi connectivity index (χ4v) is 3.18. The maximum Gasteiger partial charge on any atom is 0.298 e. The molecule has 4 nitrogen and oxygen atoms in total. The zero-order valence-corrected chi connectivity index (χ0v) is 14.4. The standard InChI is InChI=1S/C17H17N3OS.ClH/c1-19(16(21)8-7-14-5-3-2-4-6-14)15-9-11-20(13-15)17-18-10-12-22-17;/h2-6,10,12,15H,9,11,13H2,1H3;1H. The molecule has 1 aromatic heterocycles. The molecule has 2 heterocycles. The Morgan fingerprint density at radius 2 is 2.17 bits per heavy atom. The first-order valence-corrected chi connectivity index (χ1v) is 8.10. The van der Waals surface area contributed by atoms with Gasteiger partial charge in [-0.1, -0.05) is 24.1 Å². The Kier molecular flexibility index (Phi) is 6.03. The summed E-state index contributed by atoms with van der Waals surface area (Å²) < 4.78 is 0. The Hall–Kier alpha value is -2.03. The highest BCUT2D eigenvalue weighted by Gasteiger charge is 2.28. The van der Waals surface area contributed by atoms with Crippen LogP contribution >= 0.6 is 23.7 Å². The van der Waals surface area contributed by atoms with E-state index in [9.17, 15) is 4.79 Å². The number of hydrogen-bond donors (Lipinski definition) is 0. The second kappa shape index (κ2) is 8.00. The van der Waals surface area contributed by atoms with Gasteiger partial charge in [0.25, 0.3) is 5.91 Å². The van der Waals surface area contributed by atoms with Crippen molar-refractivity contribution in [1.82, 2.24) is 9.88 Å². The third kappa shape index (κ3) is 4.25. The van der Waals surface area contributed by atoms with Crippen LogP contribution in [0.1, 0.15) is 12.0 Å². The van der Waals surface area contributed by atoms with Gasteiger partial charge in [0.15, 0.2) is 5.13 Å². The number of carbonyl (C=O) groups is 1. The summed E-state index contributed by atoms with van der Waals surface area (Å²) >= 11 is 1.63. The zero-order valence-electron chi connectivity index (χ0n) is 12.8. The molecule has 0 N–H and O–H groups in total. The van der Waals surface area contributed by atoms with Crippen molar-refractivity contribution >= 4 is 34.8 Å². The average Bonchev–Trinajstić information content (AvgIpc) is 3.23. The summed E-state index contributed by atoms with van der Waals surface area (Å²) in [5, 5.41) is 3.00. The van der Waals surface area contributed by atoms with Gasteiger partial charge in [0.2, 0.25) is 0 Å². The number of rotatable bonds is 2. The molecule has 1 unspecified atom stereocenters. The van der Waals surface area contributed by atoms with Crippen LogP contribution in [0.15, 0.2) is 41.9 Å². The molecular formula is C17H18ClN3OS. The molecule has 1 aromatic carbocycles. The first kappa shape index (κ1) is 17.3. The first-order chi connectivity index (χ1) is 10.7. The minimum atomic E-state index is -0.130. The largest absolute Gasteiger partial charge is 0.346 e. The van der Waals surface area contributed by atoms with E-state index in [-0.39, 0.29) is 24.4 Å². The molecule has 1 fully saturated rings. The van der Waals surface area contributed by atoms with E-state index in [0.717, 1.165) is 30.2 Å². The number of hydrogen-bond acceptors (Lipinski definition) is 4. The van der Waals surface area contributed by atoms with E-state index < -0.39 is 0 Å². The van der Waals surface area contributed by atoms with Gasteiger partial charge in [-0.3, -0.25) is 4.79 Å². The molecule has 0 bridgehead atoms. The fourth-order valence-electron chi connectivity index (χ4n) is 2.50. The molecule has 0 radical (unpaired) electrons. The number of anilines is 1. The molecule has 0 saturated carbocycles. The summed E-state index contributed by atoms with van der Waals surface area (Å²) in [4.78, 5) is 20.5. The van der Waals surface area contributed by atoms with Crippen LogP contribution in [-0.2, 0) is 4.79 Å². The smallest absolute Gasteiger partial charge is 0.298 e. The Labute approximate surface area is 146 Å². The molecule has 3 rings (SSSR count). The van der Waals surface area contributed by atoms with Gasteiger partial charge in [0, 0.05) is 43.2 Å². The second-order valence-electron chi connectivity index (χ2n) is 5.24. The van der Waals surface area contributed by atoms with Crippen molar-refractivity contribution in [3.8, 4) is 11.8 Å². The molecule has 0 spiro atoms. The monoisotopic (exact) mass is 347 g/mol. The van der Waals surface area contributed by atoms with Crippen LogP contribution in [0.3, 0.4) is 0 Å². The Morgan fingerprint density at radius 1 is 1.39 bits per heavy atom. The van der Waals surface area contributed by atoms with E-state index in [1.807, 2.05) is 49.0 Å². The van der Waals surface area contributed by atoms with Gasteiger partial charge in [-0.2, -0.15) is 0 Å². The maximum atomic E-state index is 12.2. The summed E-state index contributed by atoms with van der Waals surface area (Å²) in [6.45, 7) is 1.75. The van der Waals surface area contributed by atoms with Gasteiger partial charge >= 0.3 is 0 Å². The minimum absolute atomic E-state index is 0. The number of likely N-dealkylation sites (N-methyl/N-ethyl adjacent to an activating group) is 1. The lowest BCUT2D eigenvalue weighted by Crippen LogP contribution is -2.38. The van der Waals surface area contributed by atoms with Crippen molar-refractivity contribution in [1.29, 1.82) is 0 Å². The van der Waals surface area contributed by atoms with Crippen LogP contribution in [0.25, 0.3) is 0 Å². The topological polar surface area (TPSA) is 36.4 Å². The quantitative estimate of drug-likeness (QED) is 0.784. The van der Waals surface area contributed by atoms with E-state index in [2.05, 4.69) is 21.7 Å². The SMILES string of the molecule is CN(C(=O)C#Cc1ccccc1)C1CCN(c2nccs2)C1.Cl. The molecule has 1 amide bonds. The van der Waals surface area contributed by atoms with Crippen molar-refractivity contribution < 1.29 is 4.79 Å². The summed E-state index contributed by atoms with van der Waals surface area (Å²) in [5.41, 5.74) is 0.861. The van der Waals surface area contributed by atoms with Gasteiger partial charge in [0.05, 0.1) is 6.04 Å². The van der Waals surface area contributed by atoms with Gasteiger partial charge in [0.1, 0.15) is 0 Å². The maximum absolute atomic E-state index is 12.2. The lowest BCUT2D eigenvalue weighted by molar-refractivity contribution is -0.125. The predicted molar refractivity (Wildman–Crippen MR) is 96.1 cm³/mol. The van der Waals surface area contributed by atoms with Crippen molar-refractivity contribution in [2.75, 3.05) is 25.0 Å². The van der Waals surface area contributed by atoms with Crippen LogP contribution in [0.5, 0.6) is 0 Å². The zero-order chi connectivity index (χ0) is 15.4. The summed E-state index contributed by atoms with van der Waals surface area (Å²) in [5.74, 6) is 5.52. The third-order valence-corrected chi connectivity index (χ3v) is 4.64. The molecule has 1 saturated heterocycles. The highest BCUT2D eigenvalue weighted by atomic mass is 35.5. The van der Waals surface area contributed by atoms with Crippen molar-refractivity contribution in [2.45, 2.75) is 12.5 Å². The molecule has 120 valence electrons. The average molecular weight is 348 g/mol.